The highest BCUT2D eigenvalue weighted by molar-refractivity contribution is 7.91. The monoisotopic (exact) mass is 290 g/mol. The van der Waals surface area contributed by atoms with Gasteiger partial charge in [-0.15, -0.1) is 0 Å². The van der Waals surface area contributed by atoms with Gasteiger partial charge in [0.05, 0.1) is 17.4 Å². The van der Waals surface area contributed by atoms with Gasteiger partial charge in [0.25, 0.3) is 0 Å². The van der Waals surface area contributed by atoms with Crippen LogP contribution in [0.2, 0.25) is 0 Å². The van der Waals surface area contributed by atoms with Gasteiger partial charge in [-0.3, -0.25) is 4.79 Å². The van der Waals surface area contributed by atoms with Crippen molar-refractivity contribution in [2.75, 3.05) is 11.5 Å². The summed E-state index contributed by atoms with van der Waals surface area (Å²) in [6.45, 7) is 0. The average Bonchev–Trinajstić information content (AvgIpc) is 2.85. The molecule has 3 unspecified atom stereocenters. The molecule has 0 aromatic heterocycles. The molecule has 0 aromatic carbocycles. The summed E-state index contributed by atoms with van der Waals surface area (Å²) in [5.74, 6) is -1.12. The van der Waals surface area contributed by atoms with Gasteiger partial charge in [0.15, 0.2) is 9.84 Å². The minimum absolute atomic E-state index is 0.0111. The Balaban J connectivity index is 1.75. The van der Waals surface area contributed by atoms with Gasteiger partial charge in [-0.2, -0.15) is 0 Å². The van der Waals surface area contributed by atoms with E-state index in [9.17, 15) is 18.0 Å². The number of carboxylic acid groups (broad SMARTS) is 1. The van der Waals surface area contributed by atoms with E-state index < -0.39 is 27.8 Å². The van der Waals surface area contributed by atoms with Gasteiger partial charge >= 0.3 is 12.0 Å². The number of aliphatic carboxylic acids is 1. The van der Waals surface area contributed by atoms with Crippen molar-refractivity contribution in [3.8, 4) is 0 Å². The number of carboxylic acids is 1. The van der Waals surface area contributed by atoms with E-state index in [1.54, 1.807) is 0 Å². The van der Waals surface area contributed by atoms with Crippen LogP contribution in [0, 0.1) is 5.92 Å². The second-order valence-electron chi connectivity index (χ2n) is 5.26. The molecule has 0 aromatic rings. The zero-order valence-electron chi connectivity index (χ0n) is 10.5. The Labute approximate surface area is 111 Å². The molecule has 1 saturated carbocycles. The van der Waals surface area contributed by atoms with E-state index in [1.165, 1.54) is 0 Å². The molecule has 3 atom stereocenters. The lowest BCUT2D eigenvalue weighted by molar-refractivity contribution is -0.141. The third kappa shape index (κ3) is 3.82. The minimum Gasteiger partial charge on any atom is -0.481 e. The first-order valence-electron chi connectivity index (χ1n) is 6.36. The van der Waals surface area contributed by atoms with Gasteiger partial charge in [0, 0.05) is 12.1 Å². The summed E-state index contributed by atoms with van der Waals surface area (Å²) in [4.78, 5) is 22.5. The van der Waals surface area contributed by atoms with Crippen LogP contribution < -0.4 is 10.6 Å². The minimum atomic E-state index is -3.01. The number of carbonyl (C=O) groups excluding carboxylic acids is 1. The van der Waals surface area contributed by atoms with E-state index in [0.717, 1.165) is 0 Å². The van der Waals surface area contributed by atoms with Crippen molar-refractivity contribution in [3.63, 3.8) is 0 Å². The maximum atomic E-state index is 11.7. The van der Waals surface area contributed by atoms with E-state index in [-0.39, 0.29) is 23.6 Å². The second kappa shape index (κ2) is 5.36. The van der Waals surface area contributed by atoms with Crippen LogP contribution in [0.4, 0.5) is 4.79 Å². The molecule has 2 rings (SSSR count). The number of nitrogens with one attached hydrogen (secondary N) is 2. The number of sulfone groups is 1. The largest absolute Gasteiger partial charge is 0.481 e. The van der Waals surface area contributed by atoms with Gasteiger partial charge in [-0.25, -0.2) is 13.2 Å². The molecule has 108 valence electrons. The lowest BCUT2D eigenvalue weighted by Crippen LogP contribution is -2.46. The SMILES string of the molecule is O=C(NC1CCC(C(=O)O)C1)NC1CCS(=O)(=O)C1. The third-order valence-corrected chi connectivity index (χ3v) is 5.45. The highest BCUT2D eigenvalue weighted by atomic mass is 32.2. The van der Waals surface area contributed by atoms with E-state index in [0.29, 0.717) is 25.7 Å². The average molecular weight is 290 g/mol. The summed E-state index contributed by atoms with van der Waals surface area (Å²) in [5.41, 5.74) is 0. The molecule has 1 saturated heterocycles. The van der Waals surface area contributed by atoms with Crippen molar-refractivity contribution in [1.82, 2.24) is 10.6 Å². The van der Waals surface area contributed by atoms with Crippen molar-refractivity contribution in [3.05, 3.63) is 0 Å². The lowest BCUT2D eigenvalue weighted by Gasteiger charge is -2.16. The molecule has 1 aliphatic heterocycles. The molecule has 2 amide bonds. The molecule has 0 radical (unpaired) electrons. The van der Waals surface area contributed by atoms with Crippen LogP contribution in [-0.2, 0) is 14.6 Å². The molecular weight excluding hydrogens is 272 g/mol. The van der Waals surface area contributed by atoms with Gasteiger partial charge < -0.3 is 15.7 Å². The normalized spacial score (nSPS) is 32.9. The van der Waals surface area contributed by atoms with Crippen LogP contribution in [0.5, 0.6) is 0 Å². The van der Waals surface area contributed by atoms with Crippen molar-refractivity contribution < 1.29 is 23.1 Å². The van der Waals surface area contributed by atoms with Crippen molar-refractivity contribution in [1.29, 1.82) is 0 Å². The van der Waals surface area contributed by atoms with Gasteiger partial charge in [-0.1, -0.05) is 0 Å². The Morgan fingerprint density at radius 3 is 2.26 bits per heavy atom. The molecule has 1 aliphatic carbocycles. The number of hydrogen-bond acceptors (Lipinski definition) is 4. The molecule has 7 nitrogen and oxygen atoms in total. The van der Waals surface area contributed by atoms with Crippen molar-refractivity contribution >= 4 is 21.8 Å². The van der Waals surface area contributed by atoms with Crippen LogP contribution in [-0.4, -0.2) is 49.1 Å². The first kappa shape index (κ1) is 14.1. The third-order valence-electron chi connectivity index (χ3n) is 3.68. The van der Waals surface area contributed by atoms with Crippen LogP contribution in [0.3, 0.4) is 0 Å². The maximum Gasteiger partial charge on any atom is 0.315 e. The first-order chi connectivity index (χ1) is 8.85. The summed E-state index contributed by atoms with van der Waals surface area (Å²) in [6.07, 6.45) is 2.09. The number of rotatable bonds is 3. The molecule has 19 heavy (non-hydrogen) atoms. The predicted molar refractivity (Wildman–Crippen MR) is 67.5 cm³/mol. The molecule has 1 heterocycles. The number of carbonyl (C=O) groups is 2. The Morgan fingerprint density at radius 1 is 1.05 bits per heavy atom. The summed E-state index contributed by atoms with van der Waals surface area (Å²) in [7, 11) is -3.01. The zero-order valence-corrected chi connectivity index (χ0v) is 11.3. The van der Waals surface area contributed by atoms with E-state index in [1.807, 2.05) is 0 Å². The Bertz CT molecular complexity index is 475. The van der Waals surface area contributed by atoms with Crippen LogP contribution in [0.15, 0.2) is 0 Å². The van der Waals surface area contributed by atoms with E-state index in [2.05, 4.69) is 10.6 Å². The van der Waals surface area contributed by atoms with Crippen LogP contribution in [0.1, 0.15) is 25.7 Å². The van der Waals surface area contributed by atoms with Gasteiger partial charge in [0.1, 0.15) is 0 Å². The summed E-state index contributed by atoms with van der Waals surface area (Å²) >= 11 is 0. The molecular formula is C11H18N2O5S. The van der Waals surface area contributed by atoms with E-state index in [4.69, 9.17) is 5.11 Å². The molecule has 0 bridgehead atoms. The second-order valence-corrected chi connectivity index (χ2v) is 7.49. The summed E-state index contributed by atoms with van der Waals surface area (Å²) in [6, 6.07) is -0.876. The standard InChI is InChI=1S/C11H18N2O5S/c14-10(15)7-1-2-8(5-7)12-11(16)13-9-3-4-19(17,18)6-9/h7-9H,1-6H2,(H,14,15)(H2,12,13,16). The maximum absolute atomic E-state index is 11.7. The number of hydrogen-bond donors (Lipinski definition) is 3. The quantitative estimate of drug-likeness (QED) is 0.662. The van der Waals surface area contributed by atoms with Crippen LogP contribution >= 0.6 is 0 Å². The number of amides is 2. The van der Waals surface area contributed by atoms with Gasteiger partial charge in [-0.05, 0) is 25.7 Å². The lowest BCUT2D eigenvalue weighted by atomic mass is 10.1. The van der Waals surface area contributed by atoms with E-state index >= 15 is 0 Å². The van der Waals surface area contributed by atoms with Crippen LogP contribution in [0.25, 0.3) is 0 Å². The summed E-state index contributed by atoms with van der Waals surface area (Å²) in [5, 5.41) is 14.2. The molecule has 0 spiro atoms. The predicted octanol–water partition coefficient (Wildman–Crippen LogP) is -0.274. The zero-order chi connectivity index (χ0) is 14.0. The van der Waals surface area contributed by atoms with Crippen molar-refractivity contribution in [2.45, 2.75) is 37.8 Å². The molecule has 8 heteroatoms. The highest BCUT2D eigenvalue weighted by Crippen LogP contribution is 2.25. The summed E-state index contributed by atoms with van der Waals surface area (Å²) < 4.78 is 22.5. The van der Waals surface area contributed by atoms with Gasteiger partial charge in [0.2, 0.25) is 0 Å². The first-order valence-corrected chi connectivity index (χ1v) is 8.18. The Hall–Kier alpha value is -1.31. The molecule has 2 fully saturated rings. The Kier molecular flexibility index (Phi) is 3.98. The fraction of sp³-hybridized carbons (Fsp3) is 0.818. The smallest absolute Gasteiger partial charge is 0.315 e. The Morgan fingerprint density at radius 2 is 1.74 bits per heavy atom. The molecule has 2 aliphatic rings. The van der Waals surface area contributed by atoms with Crippen molar-refractivity contribution in [2.24, 2.45) is 5.92 Å². The highest BCUT2D eigenvalue weighted by Gasteiger charge is 2.32. The topological polar surface area (TPSA) is 113 Å². The fourth-order valence-electron chi connectivity index (χ4n) is 2.66. The fourth-order valence-corrected chi connectivity index (χ4v) is 4.33. The molecule has 3 N–H and O–H groups in total. The number of urea groups is 1.